The van der Waals surface area contributed by atoms with E-state index in [0.29, 0.717) is 0 Å². The van der Waals surface area contributed by atoms with Crippen molar-refractivity contribution in [2.24, 2.45) is 0 Å². The Bertz CT molecular complexity index is 225. The van der Waals surface area contributed by atoms with E-state index in [1.54, 1.807) is 0 Å². The van der Waals surface area contributed by atoms with Crippen LogP contribution in [-0.2, 0) is 0 Å². The zero-order valence-electron chi connectivity index (χ0n) is 11.2. The van der Waals surface area contributed by atoms with Gasteiger partial charge in [0, 0.05) is 0 Å². The summed E-state index contributed by atoms with van der Waals surface area (Å²) in [4.78, 5) is 0. The number of hydrogen-bond acceptors (Lipinski definition) is 0. The fourth-order valence-corrected chi connectivity index (χ4v) is 30.6. The van der Waals surface area contributed by atoms with E-state index in [-0.39, 0.29) is 0 Å². The fourth-order valence-electron chi connectivity index (χ4n) is 4.48. The molecule has 0 radical (unpaired) electrons. The zero-order chi connectivity index (χ0) is 11.6. The second-order valence-corrected chi connectivity index (χ2v) is 28.5. The molecule has 0 spiro atoms. The van der Waals surface area contributed by atoms with Crippen molar-refractivity contribution < 1.29 is 28.1 Å². The summed E-state index contributed by atoms with van der Waals surface area (Å²) in [6, 6.07) is 0. The first-order valence-electron chi connectivity index (χ1n) is 6.46. The summed E-state index contributed by atoms with van der Waals surface area (Å²) in [5.41, 5.74) is 0. The molecule has 15 heavy (non-hydrogen) atoms. The van der Waals surface area contributed by atoms with E-state index < -0.39 is 28.1 Å². The van der Waals surface area contributed by atoms with Crippen molar-refractivity contribution in [1.29, 1.82) is 0 Å². The first-order chi connectivity index (χ1) is 6.94. The molecule has 0 bridgehead atoms. The van der Waals surface area contributed by atoms with Crippen LogP contribution in [0, 0.1) is 28.1 Å². The van der Waals surface area contributed by atoms with Gasteiger partial charge in [-0.3, -0.25) is 0 Å². The standard InChI is InChI=1S/C5H5.3C3H7.La/c1-2-4-5-3-1;3*1-3-2;/h1-5H;3*3H,1-2H3;. The van der Waals surface area contributed by atoms with Crippen LogP contribution >= 0.6 is 0 Å². The summed E-state index contributed by atoms with van der Waals surface area (Å²) < 4.78 is 3.69. The molecule has 0 atom stereocenters. The Balaban J connectivity index is 3.13. The van der Waals surface area contributed by atoms with Crippen molar-refractivity contribution >= 4 is 0 Å². The summed E-state index contributed by atoms with van der Waals surface area (Å²) in [6.07, 6.45) is 9.47. The van der Waals surface area contributed by atoms with Gasteiger partial charge in [0.1, 0.15) is 0 Å². The second kappa shape index (κ2) is 5.34. The maximum atomic E-state index is 2.48. The molecule has 0 aromatic rings. The molecule has 0 aromatic carbocycles. The van der Waals surface area contributed by atoms with Crippen molar-refractivity contribution in [3.05, 3.63) is 24.3 Å². The van der Waals surface area contributed by atoms with E-state index in [1.165, 1.54) is 0 Å². The quantitative estimate of drug-likeness (QED) is 0.633. The predicted octanol–water partition coefficient (Wildman–Crippen LogP) is 5.54. The number of allylic oxidation sites excluding steroid dienone is 4. The van der Waals surface area contributed by atoms with E-state index in [1.807, 2.05) is 0 Å². The van der Waals surface area contributed by atoms with Crippen LogP contribution in [-0.4, -0.2) is 0 Å². The molecule has 0 aliphatic heterocycles. The van der Waals surface area contributed by atoms with Crippen LogP contribution in [0.4, 0.5) is 0 Å². The minimum atomic E-state index is -2.36. The third-order valence-electron chi connectivity index (χ3n) is 4.91. The van der Waals surface area contributed by atoms with Crippen LogP contribution in [0.3, 0.4) is 0 Å². The first-order valence-corrected chi connectivity index (χ1v) is 14.8. The fraction of sp³-hybridized carbons (Fsp3) is 0.714. The van der Waals surface area contributed by atoms with Gasteiger partial charge in [0.25, 0.3) is 0 Å². The molecule has 0 heterocycles. The SMILES string of the molecule is C[CH](C)[La]([CH](C)C)([CH](C)C)[CH]1C=CC=C1. The normalized spacial score (nSPS) is 17.7. The molecule has 0 N–H and O–H groups in total. The molecule has 0 fully saturated rings. The van der Waals surface area contributed by atoms with E-state index in [9.17, 15) is 0 Å². The molecule has 1 aliphatic rings. The molecule has 0 saturated carbocycles. The summed E-state index contributed by atoms with van der Waals surface area (Å²) >= 11 is -2.36. The van der Waals surface area contributed by atoms with Gasteiger partial charge in [-0.25, -0.2) is 0 Å². The van der Waals surface area contributed by atoms with E-state index >= 15 is 0 Å². The van der Waals surface area contributed by atoms with Crippen molar-refractivity contribution in [1.82, 2.24) is 0 Å². The van der Waals surface area contributed by atoms with Crippen molar-refractivity contribution in [2.45, 2.75) is 50.8 Å². The molecule has 1 aliphatic carbocycles. The van der Waals surface area contributed by atoms with Gasteiger partial charge in [-0.2, -0.15) is 0 Å². The molecule has 0 aromatic heterocycles. The Kier molecular flexibility index (Phi) is 4.89. The van der Waals surface area contributed by atoms with Gasteiger partial charge < -0.3 is 0 Å². The van der Waals surface area contributed by atoms with Crippen LogP contribution in [0.5, 0.6) is 0 Å². The molecule has 0 amide bonds. The summed E-state index contributed by atoms with van der Waals surface area (Å²) in [7, 11) is 0. The summed E-state index contributed by atoms with van der Waals surface area (Å²) in [6.45, 7) is 14.9. The molecule has 0 nitrogen and oxygen atoms in total. The van der Waals surface area contributed by atoms with Gasteiger partial charge in [0.05, 0.1) is 0 Å². The molecular formula is C14H26La. The Morgan fingerprint density at radius 2 is 1.07 bits per heavy atom. The van der Waals surface area contributed by atoms with Crippen LogP contribution in [0.25, 0.3) is 0 Å². The van der Waals surface area contributed by atoms with Gasteiger partial charge in [0.2, 0.25) is 0 Å². The van der Waals surface area contributed by atoms with Gasteiger partial charge in [0.15, 0.2) is 0 Å². The monoisotopic (exact) mass is 333 g/mol. The van der Waals surface area contributed by atoms with E-state index in [0.717, 1.165) is 9.28 Å². The molecule has 1 heteroatoms. The molecule has 1 rings (SSSR count). The summed E-state index contributed by atoms with van der Waals surface area (Å²) in [5, 5.41) is 0. The third kappa shape index (κ3) is 2.35. The van der Waals surface area contributed by atoms with Crippen molar-refractivity contribution in [2.75, 3.05) is 0 Å². The van der Waals surface area contributed by atoms with Gasteiger partial charge >= 0.3 is 103 Å². The third-order valence-corrected chi connectivity index (χ3v) is 32.2. The average Bonchev–Trinajstić information content (AvgIpc) is 2.55. The van der Waals surface area contributed by atoms with Gasteiger partial charge in [-0.15, -0.1) is 0 Å². The molecule has 85 valence electrons. The molecule has 0 unspecified atom stereocenters. The maximum absolute atomic E-state index is 2.48. The first kappa shape index (κ1) is 13.7. The van der Waals surface area contributed by atoms with Crippen LogP contribution in [0.1, 0.15) is 41.5 Å². The van der Waals surface area contributed by atoms with Gasteiger partial charge in [-0.1, -0.05) is 0 Å². The average molecular weight is 333 g/mol. The Morgan fingerprint density at radius 3 is 1.33 bits per heavy atom. The zero-order valence-corrected chi connectivity index (χ0v) is 14.8. The molecule has 0 saturated heterocycles. The second-order valence-electron chi connectivity index (χ2n) is 6.23. The molecular weight excluding hydrogens is 307 g/mol. The van der Waals surface area contributed by atoms with E-state index in [2.05, 4.69) is 65.8 Å². The van der Waals surface area contributed by atoms with Gasteiger partial charge in [-0.05, 0) is 0 Å². The van der Waals surface area contributed by atoms with E-state index in [4.69, 9.17) is 0 Å². The summed E-state index contributed by atoms with van der Waals surface area (Å²) in [5.74, 6) is 0. The number of rotatable bonds is 4. The topological polar surface area (TPSA) is 0 Å². The Hall–Kier alpha value is 0.675. The van der Waals surface area contributed by atoms with Crippen molar-refractivity contribution in [3.8, 4) is 0 Å². The minimum absolute atomic E-state index is 0.852. The number of hydrogen-bond donors (Lipinski definition) is 0. The predicted molar refractivity (Wildman–Crippen MR) is 67.3 cm³/mol. The van der Waals surface area contributed by atoms with Crippen LogP contribution < -0.4 is 0 Å². The van der Waals surface area contributed by atoms with Crippen LogP contribution in [0.15, 0.2) is 24.3 Å². The Morgan fingerprint density at radius 1 is 0.733 bits per heavy atom. The van der Waals surface area contributed by atoms with Crippen molar-refractivity contribution in [3.63, 3.8) is 0 Å². The Labute approximate surface area is 102 Å². The van der Waals surface area contributed by atoms with Crippen LogP contribution in [0.2, 0.25) is 9.28 Å².